The fourth-order valence-electron chi connectivity index (χ4n) is 1.93. The molecule has 86 valence electrons. The highest BCUT2D eigenvalue weighted by Gasteiger charge is 2.24. The van der Waals surface area contributed by atoms with Crippen LogP contribution in [0.1, 0.15) is 23.7 Å². The van der Waals surface area contributed by atoms with Gasteiger partial charge in [-0.15, -0.1) is 0 Å². The van der Waals surface area contributed by atoms with Crippen LogP contribution in [0.3, 0.4) is 0 Å². The number of carbonyl (C=O) groups is 1. The lowest BCUT2D eigenvalue weighted by Crippen LogP contribution is -2.28. The van der Waals surface area contributed by atoms with E-state index in [0.717, 1.165) is 19.5 Å². The minimum Gasteiger partial charge on any atom is -0.338 e. The van der Waals surface area contributed by atoms with E-state index in [1.807, 2.05) is 0 Å². The van der Waals surface area contributed by atoms with E-state index in [1.165, 1.54) is 6.07 Å². The molecule has 0 aromatic heterocycles. The first-order valence-electron chi connectivity index (χ1n) is 5.32. The van der Waals surface area contributed by atoms with E-state index in [4.69, 9.17) is 0 Å². The molecule has 1 aliphatic rings. The van der Waals surface area contributed by atoms with Crippen LogP contribution in [0.5, 0.6) is 0 Å². The van der Waals surface area contributed by atoms with Crippen molar-refractivity contribution in [2.24, 2.45) is 5.92 Å². The average Bonchev–Trinajstić information content (AvgIpc) is 2.68. The van der Waals surface area contributed by atoms with Gasteiger partial charge in [0.2, 0.25) is 0 Å². The fourth-order valence-corrected chi connectivity index (χ4v) is 2.18. The molecular formula is C12H13BrFNO. The Kier molecular flexibility index (Phi) is 3.28. The first-order chi connectivity index (χ1) is 7.58. The molecule has 1 unspecified atom stereocenters. The van der Waals surface area contributed by atoms with Gasteiger partial charge in [0.25, 0.3) is 5.91 Å². The molecule has 0 spiro atoms. The summed E-state index contributed by atoms with van der Waals surface area (Å²) in [5, 5.41) is 0. The highest BCUT2D eigenvalue weighted by atomic mass is 79.9. The number of carbonyl (C=O) groups excluding carboxylic acids is 1. The first kappa shape index (κ1) is 11.6. The summed E-state index contributed by atoms with van der Waals surface area (Å²) in [6.45, 7) is 3.67. The molecule has 16 heavy (non-hydrogen) atoms. The lowest BCUT2D eigenvalue weighted by atomic mass is 10.2. The van der Waals surface area contributed by atoms with Crippen molar-refractivity contribution in [3.8, 4) is 0 Å². The van der Waals surface area contributed by atoms with Gasteiger partial charge in [-0.1, -0.05) is 6.92 Å². The first-order valence-corrected chi connectivity index (χ1v) is 6.11. The van der Waals surface area contributed by atoms with Gasteiger partial charge in [0.15, 0.2) is 0 Å². The second-order valence-electron chi connectivity index (χ2n) is 4.27. The van der Waals surface area contributed by atoms with Crippen molar-refractivity contribution in [3.63, 3.8) is 0 Å². The molecule has 1 aliphatic heterocycles. The van der Waals surface area contributed by atoms with Crippen LogP contribution in [0.25, 0.3) is 0 Å². The second kappa shape index (κ2) is 4.53. The zero-order valence-electron chi connectivity index (χ0n) is 9.04. The Labute approximate surface area is 103 Å². The van der Waals surface area contributed by atoms with E-state index < -0.39 is 5.82 Å². The van der Waals surface area contributed by atoms with Gasteiger partial charge in [0.1, 0.15) is 5.82 Å². The summed E-state index contributed by atoms with van der Waals surface area (Å²) < 4.78 is 13.7. The van der Waals surface area contributed by atoms with Crippen molar-refractivity contribution in [1.29, 1.82) is 0 Å². The van der Waals surface area contributed by atoms with Crippen LogP contribution < -0.4 is 0 Å². The molecule has 2 rings (SSSR count). The molecule has 0 radical (unpaired) electrons. The zero-order chi connectivity index (χ0) is 11.7. The Hall–Kier alpha value is -0.900. The summed E-state index contributed by atoms with van der Waals surface area (Å²) in [5.74, 6) is 0.0816. The summed E-state index contributed by atoms with van der Waals surface area (Å²) in [6.07, 6.45) is 1.03. The monoisotopic (exact) mass is 285 g/mol. The van der Waals surface area contributed by atoms with Crippen molar-refractivity contribution in [2.75, 3.05) is 13.1 Å². The smallest absolute Gasteiger partial charge is 0.253 e. The van der Waals surface area contributed by atoms with Crippen LogP contribution >= 0.6 is 15.9 Å². The maximum Gasteiger partial charge on any atom is 0.253 e. The Morgan fingerprint density at radius 1 is 1.56 bits per heavy atom. The quantitative estimate of drug-likeness (QED) is 0.777. The third-order valence-corrected chi connectivity index (χ3v) is 3.52. The normalized spacial score (nSPS) is 20.2. The van der Waals surface area contributed by atoms with Crippen LogP contribution in [0.4, 0.5) is 4.39 Å². The number of hydrogen-bond donors (Lipinski definition) is 0. The third-order valence-electron chi connectivity index (χ3n) is 2.88. The minimum atomic E-state index is -0.391. The largest absolute Gasteiger partial charge is 0.338 e. The second-order valence-corrected chi connectivity index (χ2v) is 5.13. The van der Waals surface area contributed by atoms with Crippen molar-refractivity contribution in [2.45, 2.75) is 13.3 Å². The predicted molar refractivity (Wildman–Crippen MR) is 63.8 cm³/mol. The summed E-state index contributed by atoms with van der Waals surface area (Å²) in [5.41, 5.74) is 0.426. The maximum atomic E-state index is 13.3. The lowest BCUT2D eigenvalue weighted by molar-refractivity contribution is 0.0787. The van der Waals surface area contributed by atoms with Crippen molar-refractivity contribution >= 4 is 21.8 Å². The van der Waals surface area contributed by atoms with Crippen molar-refractivity contribution in [1.82, 2.24) is 4.90 Å². The Morgan fingerprint density at radius 2 is 2.31 bits per heavy atom. The third kappa shape index (κ3) is 2.26. The zero-order valence-corrected chi connectivity index (χ0v) is 10.6. The van der Waals surface area contributed by atoms with E-state index in [9.17, 15) is 9.18 Å². The van der Waals surface area contributed by atoms with Crippen LogP contribution in [0.15, 0.2) is 22.7 Å². The standard InChI is InChI=1S/C12H13BrFNO/c1-8-4-5-15(7-8)12(16)9-2-3-10(13)11(14)6-9/h2-3,6,8H,4-5,7H2,1H3. The number of rotatable bonds is 1. The molecule has 1 heterocycles. The fraction of sp³-hybridized carbons (Fsp3) is 0.417. The maximum absolute atomic E-state index is 13.3. The topological polar surface area (TPSA) is 20.3 Å². The molecule has 2 nitrogen and oxygen atoms in total. The molecule has 1 saturated heterocycles. The molecule has 1 atom stereocenters. The average molecular weight is 286 g/mol. The molecule has 1 aromatic rings. The van der Waals surface area contributed by atoms with Crippen LogP contribution in [-0.4, -0.2) is 23.9 Å². The SMILES string of the molecule is CC1CCN(C(=O)c2ccc(Br)c(F)c2)C1. The van der Waals surface area contributed by atoms with E-state index in [2.05, 4.69) is 22.9 Å². The van der Waals surface area contributed by atoms with E-state index in [-0.39, 0.29) is 5.91 Å². The lowest BCUT2D eigenvalue weighted by Gasteiger charge is -2.15. The van der Waals surface area contributed by atoms with Crippen LogP contribution in [0.2, 0.25) is 0 Å². The van der Waals surface area contributed by atoms with Gasteiger partial charge in [-0.2, -0.15) is 0 Å². The van der Waals surface area contributed by atoms with Crippen LogP contribution in [0, 0.1) is 11.7 Å². The molecule has 1 aromatic carbocycles. The van der Waals surface area contributed by atoms with Gasteiger partial charge >= 0.3 is 0 Å². The van der Waals surface area contributed by atoms with Crippen molar-refractivity contribution < 1.29 is 9.18 Å². The van der Waals surface area contributed by atoms with E-state index in [0.29, 0.717) is 16.0 Å². The summed E-state index contributed by atoms with van der Waals surface area (Å²) in [7, 11) is 0. The minimum absolute atomic E-state index is 0.0734. The highest BCUT2D eigenvalue weighted by molar-refractivity contribution is 9.10. The van der Waals surface area contributed by atoms with Gasteiger partial charge in [0, 0.05) is 18.7 Å². The van der Waals surface area contributed by atoms with Gasteiger partial charge in [0.05, 0.1) is 4.47 Å². The molecule has 0 bridgehead atoms. The molecular weight excluding hydrogens is 273 g/mol. The molecule has 0 N–H and O–H groups in total. The Bertz CT molecular complexity index is 421. The number of amides is 1. The van der Waals surface area contributed by atoms with Gasteiger partial charge < -0.3 is 4.90 Å². The summed E-state index contributed by atoms with van der Waals surface area (Å²) in [4.78, 5) is 13.8. The Morgan fingerprint density at radius 3 is 2.88 bits per heavy atom. The summed E-state index contributed by atoms with van der Waals surface area (Å²) in [6, 6.07) is 4.51. The van der Waals surface area contributed by atoms with Gasteiger partial charge in [-0.3, -0.25) is 4.79 Å². The van der Waals surface area contributed by atoms with Gasteiger partial charge in [-0.05, 0) is 46.5 Å². The number of nitrogens with zero attached hydrogens (tertiary/aromatic N) is 1. The number of hydrogen-bond acceptors (Lipinski definition) is 1. The molecule has 1 amide bonds. The van der Waals surface area contributed by atoms with Crippen molar-refractivity contribution in [3.05, 3.63) is 34.1 Å². The molecule has 0 saturated carbocycles. The Balaban J connectivity index is 2.18. The number of likely N-dealkylation sites (tertiary alicyclic amines) is 1. The van der Waals surface area contributed by atoms with E-state index >= 15 is 0 Å². The molecule has 1 fully saturated rings. The summed E-state index contributed by atoms with van der Waals surface area (Å²) >= 11 is 3.07. The van der Waals surface area contributed by atoms with Gasteiger partial charge in [-0.25, -0.2) is 4.39 Å². The van der Waals surface area contributed by atoms with E-state index in [1.54, 1.807) is 17.0 Å². The highest BCUT2D eigenvalue weighted by Crippen LogP contribution is 2.21. The molecule has 0 aliphatic carbocycles. The molecule has 4 heteroatoms. The van der Waals surface area contributed by atoms with Crippen LogP contribution in [-0.2, 0) is 0 Å². The predicted octanol–water partition coefficient (Wildman–Crippen LogP) is 3.07. The number of benzene rings is 1. The number of halogens is 2.